The van der Waals surface area contributed by atoms with Crippen molar-refractivity contribution < 1.29 is 14.2 Å². The molecule has 0 spiro atoms. The molecule has 0 bridgehead atoms. The first kappa shape index (κ1) is 21.8. The van der Waals surface area contributed by atoms with Crippen LogP contribution in [-0.4, -0.2) is 37.5 Å². The van der Waals surface area contributed by atoms with Gasteiger partial charge in [0.2, 0.25) is 0 Å². The molecule has 1 heterocycles. The van der Waals surface area contributed by atoms with E-state index in [-0.39, 0.29) is 6.29 Å². The van der Waals surface area contributed by atoms with Crippen LogP contribution in [0.4, 0.5) is 0 Å². The molecular weight excluding hydrogens is 454 g/mol. The van der Waals surface area contributed by atoms with Gasteiger partial charge in [-0.1, -0.05) is 58.0 Å². The van der Waals surface area contributed by atoms with Gasteiger partial charge < -0.3 is 19.9 Å². The lowest BCUT2D eigenvalue weighted by molar-refractivity contribution is -0.183. The van der Waals surface area contributed by atoms with Gasteiger partial charge in [-0.05, 0) is 30.2 Å². The monoisotopic (exact) mass is 477 g/mol. The maximum Gasteiger partial charge on any atom is 0.180 e. The molecule has 0 radical (unpaired) electrons. The molecule has 0 saturated carbocycles. The Bertz CT molecular complexity index is 827. The molecule has 1 fully saturated rings. The van der Waals surface area contributed by atoms with Crippen LogP contribution >= 0.6 is 27.7 Å². The highest BCUT2D eigenvalue weighted by Crippen LogP contribution is 2.22. The summed E-state index contributed by atoms with van der Waals surface area (Å²) in [6, 6.07) is 15.8. The van der Waals surface area contributed by atoms with Gasteiger partial charge in [-0.25, -0.2) is 0 Å². The third kappa shape index (κ3) is 7.81. The summed E-state index contributed by atoms with van der Waals surface area (Å²) in [7, 11) is 0. The van der Waals surface area contributed by atoms with Crippen molar-refractivity contribution in [3.8, 4) is 5.75 Å². The van der Waals surface area contributed by atoms with Crippen LogP contribution in [-0.2, 0) is 15.2 Å². The van der Waals surface area contributed by atoms with E-state index >= 15 is 0 Å². The molecular formula is C21H24BrN3O3S. The number of hydrogen-bond acceptors (Lipinski definition) is 6. The third-order valence-corrected chi connectivity index (χ3v) is 5.41. The summed E-state index contributed by atoms with van der Waals surface area (Å²) in [6.45, 7) is 1.97. The summed E-state index contributed by atoms with van der Waals surface area (Å²) in [5.74, 6) is 1.47. The highest BCUT2D eigenvalue weighted by molar-refractivity contribution is 9.10. The Morgan fingerprint density at radius 3 is 2.79 bits per heavy atom. The summed E-state index contributed by atoms with van der Waals surface area (Å²) in [5, 5.41) is 8.61. The van der Waals surface area contributed by atoms with Gasteiger partial charge in [0.15, 0.2) is 11.5 Å². The molecule has 6 nitrogen and oxygen atoms in total. The van der Waals surface area contributed by atoms with E-state index in [4.69, 9.17) is 19.9 Å². The summed E-state index contributed by atoms with van der Waals surface area (Å²) in [6.07, 6.45) is 3.07. The van der Waals surface area contributed by atoms with Crippen molar-refractivity contribution in [1.82, 2.24) is 0 Å². The number of benzene rings is 2. The van der Waals surface area contributed by atoms with Crippen molar-refractivity contribution >= 4 is 39.1 Å². The quantitative estimate of drug-likeness (QED) is 0.342. The second-order valence-corrected chi connectivity index (χ2v) is 8.21. The van der Waals surface area contributed by atoms with Crippen LogP contribution in [0.5, 0.6) is 5.75 Å². The van der Waals surface area contributed by atoms with Crippen molar-refractivity contribution in [2.75, 3.05) is 19.8 Å². The first-order valence-corrected chi connectivity index (χ1v) is 11.2. The van der Waals surface area contributed by atoms with Crippen molar-refractivity contribution in [2.24, 2.45) is 15.9 Å². The van der Waals surface area contributed by atoms with Crippen molar-refractivity contribution in [1.29, 1.82) is 0 Å². The van der Waals surface area contributed by atoms with Crippen LogP contribution in [0.25, 0.3) is 0 Å². The third-order valence-electron chi connectivity index (χ3n) is 4.06. The largest absolute Gasteiger partial charge is 0.493 e. The molecule has 2 aromatic rings. The second-order valence-electron chi connectivity index (χ2n) is 6.30. The fraction of sp³-hybridized carbons (Fsp3) is 0.333. The summed E-state index contributed by atoms with van der Waals surface area (Å²) < 4.78 is 17.9. The lowest BCUT2D eigenvalue weighted by Gasteiger charge is -2.23. The van der Waals surface area contributed by atoms with E-state index < -0.39 is 0 Å². The predicted octanol–water partition coefficient (Wildman–Crippen LogP) is 4.56. The average Bonchev–Trinajstić information content (AvgIpc) is 2.75. The van der Waals surface area contributed by atoms with Gasteiger partial charge in [0.05, 0.1) is 26.0 Å². The molecule has 1 saturated heterocycles. The zero-order valence-electron chi connectivity index (χ0n) is 16.0. The van der Waals surface area contributed by atoms with E-state index in [2.05, 4.69) is 38.3 Å². The second kappa shape index (κ2) is 12.0. The molecule has 0 aliphatic carbocycles. The standard InChI is InChI=1S/C21H24BrN3O3S/c22-18-7-8-19(26-12-9-20-27-10-4-11-28-20)17(13-18)14-24-25-21(23)29-15-16-5-2-1-3-6-16/h1-3,5-8,13-14,20H,4,9-12,15H2,(H2,23,25). The van der Waals surface area contributed by atoms with Gasteiger partial charge in [-0.15, -0.1) is 5.10 Å². The topological polar surface area (TPSA) is 78.4 Å². The Balaban J connectivity index is 1.53. The maximum atomic E-state index is 5.95. The minimum atomic E-state index is -0.192. The van der Waals surface area contributed by atoms with Gasteiger partial charge >= 0.3 is 0 Å². The number of amidine groups is 1. The lowest BCUT2D eigenvalue weighted by Crippen LogP contribution is -2.26. The number of nitrogens with zero attached hydrogens (tertiary/aromatic N) is 2. The molecule has 1 aliphatic heterocycles. The molecule has 0 atom stereocenters. The van der Waals surface area contributed by atoms with Gasteiger partial charge in [0, 0.05) is 22.2 Å². The molecule has 2 N–H and O–H groups in total. The summed E-state index contributed by atoms with van der Waals surface area (Å²) in [5.41, 5.74) is 7.95. The van der Waals surface area contributed by atoms with E-state index in [0.717, 1.165) is 41.2 Å². The predicted molar refractivity (Wildman–Crippen MR) is 122 cm³/mol. The normalized spacial score (nSPS) is 15.7. The van der Waals surface area contributed by atoms with E-state index in [1.54, 1.807) is 6.21 Å². The number of halogens is 1. The Morgan fingerprint density at radius 1 is 1.21 bits per heavy atom. The van der Waals surface area contributed by atoms with Crippen LogP contribution in [0.1, 0.15) is 24.0 Å². The fourth-order valence-electron chi connectivity index (χ4n) is 2.63. The van der Waals surface area contributed by atoms with Crippen LogP contribution < -0.4 is 10.5 Å². The Hall–Kier alpha value is -1.87. The van der Waals surface area contributed by atoms with Gasteiger partial charge in [-0.3, -0.25) is 0 Å². The highest BCUT2D eigenvalue weighted by Gasteiger charge is 2.14. The molecule has 2 aromatic carbocycles. The maximum absolute atomic E-state index is 5.95. The van der Waals surface area contributed by atoms with Crippen LogP contribution in [0, 0.1) is 0 Å². The van der Waals surface area contributed by atoms with Crippen molar-refractivity contribution in [2.45, 2.75) is 24.9 Å². The van der Waals surface area contributed by atoms with Crippen LogP contribution in [0.2, 0.25) is 0 Å². The number of rotatable bonds is 8. The molecule has 8 heteroatoms. The molecule has 1 aliphatic rings. The molecule has 3 rings (SSSR count). The van der Waals surface area contributed by atoms with Gasteiger partial charge in [0.1, 0.15) is 5.75 Å². The minimum Gasteiger partial charge on any atom is -0.493 e. The fourth-order valence-corrected chi connectivity index (χ4v) is 3.62. The molecule has 154 valence electrons. The first-order valence-electron chi connectivity index (χ1n) is 9.39. The molecule has 0 unspecified atom stereocenters. The number of nitrogens with two attached hydrogens (primary N) is 1. The van der Waals surface area contributed by atoms with E-state index in [1.165, 1.54) is 17.3 Å². The van der Waals surface area contributed by atoms with E-state index in [1.807, 2.05) is 36.4 Å². The van der Waals surface area contributed by atoms with E-state index in [9.17, 15) is 0 Å². The summed E-state index contributed by atoms with van der Waals surface area (Å²) >= 11 is 4.92. The number of thioether (sulfide) groups is 1. The number of ether oxygens (including phenoxy) is 3. The zero-order chi connectivity index (χ0) is 20.3. The highest BCUT2D eigenvalue weighted by atomic mass is 79.9. The molecule has 0 aromatic heterocycles. The Labute approximate surface area is 183 Å². The Morgan fingerprint density at radius 2 is 2.00 bits per heavy atom. The Kier molecular flexibility index (Phi) is 9.01. The van der Waals surface area contributed by atoms with Crippen LogP contribution in [0.3, 0.4) is 0 Å². The van der Waals surface area contributed by atoms with Gasteiger partial charge in [0.25, 0.3) is 0 Å². The van der Waals surface area contributed by atoms with Crippen molar-refractivity contribution in [3.63, 3.8) is 0 Å². The summed E-state index contributed by atoms with van der Waals surface area (Å²) in [4.78, 5) is 0. The van der Waals surface area contributed by atoms with Crippen molar-refractivity contribution in [3.05, 3.63) is 64.1 Å². The van der Waals surface area contributed by atoms with E-state index in [0.29, 0.717) is 18.2 Å². The number of hydrogen-bond donors (Lipinski definition) is 1. The zero-order valence-corrected chi connectivity index (χ0v) is 18.4. The molecule has 0 amide bonds. The average molecular weight is 478 g/mol. The lowest BCUT2D eigenvalue weighted by atomic mass is 10.2. The SMILES string of the molecule is NC(=NN=Cc1cc(Br)ccc1OCCC1OCCCO1)SCc1ccccc1. The first-order chi connectivity index (χ1) is 14.2. The molecule has 29 heavy (non-hydrogen) atoms. The minimum absolute atomic E-state index is 0.192. The van der Waals surface area contributed by atoms with Crippen LogP contribution in [0.15, 0.2) is 63.2 Å². The smallest absolute Gasteiger partial charge is 0.180 e. The van der Waals surface area contributed by atoms with Gasteiger partial charge in [-0.2, -0.15) is 5.10 Å².